The molecule has 26 heavy (non-hydrogen) atoms. The van der Waals surface area contributed by atoms with E-state index in [0.29, 0.717) is 33.0 Å². The molecule has 0 saturated carbocycles. The summed E-state index contributed by atoms with van der Waals surface area (Å²) in [6.45, 7) is 4.39. The van der Waals surface area contributed by atoms with Crippen LogP contribution in [0.4, 0.5) is 5.69 Å². The Labute approximate surface area is 160 Å². The van der Waals surface area contributed by atoms with Crippen LogP contribution in [-0.4, -0.2) is 15.7 Å². The summed E-state index contributed by atoms with van der Waals surface area (Å²) in [5, 5.41) is 8.80. The van der Waals surface area contributed by atoms with Gasteiger partial charge in [0, 0.05) is 17.0 Å². The van der Waals surface area contributed by atoms with Crippen LogP contribution >= 0.6 is 23.2 Å². The Morgan fingerprint density at radius 2 is 1.85 bits per heavy atom. The molecule has 134 valence electrons. The zero-order chi connectivity index (χ0) is 18.8. The second-order valence-electron chi connectivity index (χ2n) is 6.35. The zero-order valence-electron chi connectivity index (χ0n) is 14.3. The molecule has 5 nitrogen and oxygen atoms in total. The molecule has 2 aromatic carbocycles. The number of carbonyl (C=O) groups excluding carboxylic acids is 1. The summed E-state index contributed by atoms with van der Waals surface area (Å²) in [5.41, 5.74) is 0.385. The molecular weight excluding hydrogens is 373 g/mol. The molecule has 1 amide bonds. The summed E-state index contributed by atoms with van der Waals surface area (Å²) in [5.74, 6) is -0.231. The molecular formula is C19H17Cl2N3O2. The number of anilines is 1. The number of halogens is 2. The van der Waals surface area contributed by atoms with Crippen LogP contribution in [0.15, 0.2) is 47.3 Å². The van der Waals surface area contributed by atoms with Crippen molar-refractivity contribution in [2.24, 2.45) is 5.92 Å². The first-order valence-corrected chi connectivity index (χ1v) is 8.88. The fourth-order valence-electron chi connectivity index (χ4n) is 2.64. The summed E-state index contributed by atoms with van der Waals surface area (Å²) >= 11 is 12.0. The number of hydrogen-bond donors (Lipinski definition) is 1. The van der Waals surface area contributed by atoms with E-state index in [1.165, 1.54) is 4.68 Å². The smallest absolute Gasteiger partial charge is 0.276 e. The molecule has 1 heterocycles. The molecule has 0 fully saturated rings. The van der Waals surface area contributed by atoms with Gasteiger partial charge in [-0.3, -0.25) is 9.59 Å². The van der Waals surface area contributed by atoms with Crippen molar-refractivity contribution in [1.82, 2.24) is 9.78 Å². The van der Waals surface area contributed by atoms with Crippen molar-refractivity contribution in [2.75, 3.05) is 5.32 Å². The summed E-state index contributed by atoms with van der Waals surface area (Å²) in [4.78, 5) is 25.5. The van der Waals surface area contributed by atoms with Crippen LogP contribution in [0.2, 0.25) is 10.0 Å². The van der Waals surface area contributed by atoms with Crippen molar-refractivity contribution in [1.29, 1.82) is 0 Å². The van der Waals surface area contributed by atoms with Gasteiger partial charge in [0.15, 0.2) is 5.69 Å². The predicted octanol–water partition coefficient (Wildman–Crippen LogP) is 4.61. The highest BCUT2D eigenvalue weighted by atomic mass is 35.5. The van der Waals surface area contributed by atoms with Crippen LogP contribution in [0, 0.1) is 5.92 Å². The Morgan fingerprint density at radius 3 is 2.50 bits per heavy atom. The third kappa shape index (κ3) is 3.74. The van der Waals surface area contributed by atoms with E-state index >= 15 is 0 Å². The van der Waals surface area contributed by atoms with Gasteiger partial charge in [-0.15, -0.1) is 0 Å². The Hall–Kier alpha value is -2.37. The molecule has 1 N–H and O–H groups in total. The quantitative estimate of drug-likeness (QED) is 0.708. The topological polar surface area (TPSA) is 64.0 Å². The van der Waals surface area contributed by atoms with Crippen molar-refractivity contribution < 1.29 is 4.79 Å². The second kappa shape index (κ2) is 7.48. The lowest BCUT2D eigenvalue weighted by Gasteiger charge is -2.13. The van der Waals surface area contributed by atoms with E-state index in [1.54, 1.807) is 42.5 Å². The highest BCUT2D eigenvalue weighted by Gasteiger charge is 2.18. The fourth-order valence-corrected chi connectivity index (χ4v) is 3.10. The Balaban J connectivity index is 2.09. The molecule has 0 unspecified atom stereocenters. The lowest BCUT2D eigenvalue weighted by molar-refractivity contribution is 0.102. The molecule has 7 heteroatoms. The van der Waals surface area contributed by atoms with Crippen molar-refractivity contribution in [3.05, 3.63) is 68.6 Å². The highest BCUT2D eigenvalue weighted by Crippen LogP contribution is 2.26. The third-order valence-electron chi connectivity index (χ3n) is 3.80. The van der Waals surface area contributed by atoms with Crippen LogP contribution in [0.5, 0.6) is 0 Å². The lowest BCUT2D eigenvalue weighted by Crippen LogP contribution is -2.29. The van der Waals surface area contributed by atoms with E-state index in [2.05, 4.69) is 10.4 Å². The second-order valence-corrected chi connectivity index (χ2v) is 7.20. The predicted molar refractivity (Wildman–Crippen MR) is 105 cm³/mol. The van der Waals surface area contributed by atoms with Gasteiger partial charge in [-0.2, -0.15) is 5.10 Å². The van der Waals surface area contributed by atoms with Crippen LogP contribution in [0.1, 0.15) is 24.3 Å². The number of hydrogen-bond acceptors (Lipinski definition) is 3. The van der Waals surface area contributed by atoms with Gasteiger partial charge in [0.2, 0.25) is 0 Å². The number of benzene rings is 2. The SMILES string of the molecule is CC(C)Cn1nc(C(=O)Nc2ccc(Cl)cc2Cl)c2ccccc2c1=O. The summed E-state index contributed by atoms with van der Waals surface area (Å²) in [6.07, 6.45) is 0. The zero-order valence-corrected chi connectivity index (χ0v) is 15.8. The van der Waals surface area contributed by atoms with Gasteiger partial charge >= 0.3 is 0 Å². The number of aromatic nitrogens is 2. The van der Waals surface area contributed by atoms with Crippen LogP contribution in [0.25, 0.3) is 10.8 Å². The van der Waals surface area contributed by atoms with Gasteiger partial charge < -0.3 is 5.32 Å². The van der Waals surface area contributed by atoms with E-state index < -0.39 is 5.91 Å². The molecule has 0 radical (unpaired) electrons. The maximum Gasteiger partial charge on any atom is 0.276 e. The Kier molecular flexibility index (Phi) is 5.30. The molecule has 0 saturated heterocycles. The normalized spacial score (nSPS) is 11.1. The molecule has 3 rings (SSSR count). The first-order valence-electron chi connectivity index (χ1n) is 8.13. The summed E-state index contributed by atoms with van der Waals surface area (Å²) in [7, 11) is 0. The number of fused-ring (bicyclic) bond motifs is 1. The maximum absolute atomic E-state index is 12.8. The van der Waals surface area contributed by atoms with Crippen molar-refractivity contribution in [3.8, 4) is 0 Å². The molecule has 0 spiro atoms. The minimum atomic E-state index is -0.442. The Bertz CT molecular complexity index is 1040. The number of carbonyl (C=O) groups is 1. The van der Waals surface area contributed by atoms with Gasteiger partial charge in [-0.1, -0.05) is 55.2 Å². The maximum atomic E-state index is 12.8. The fraction of sp³-hybridized carbons (Fsp3) is 0.211. The Morgan fingerprint density at radius 1 is 1.15 bits per heavy atom. The first-order chi connectivity index (χ1) is 12.4. The number of nitrogens with zero attached hydrogens (tertiary/aromatic N) is 2. The van der Waals surface area contributed by atoms with Crippen molar-refractivity contribution in [2.45, 2.75) is 20.4 Å². The van der Waals surface area contributed by atoms with E-state index in [-0.39, 0.29) is 17.2 Å². The molecule has 0 atom stereocenters. The van der Waals surface area contributed by atoms with E-state index in [1.807, 2.05) is 13.8 Å². The standard InChI is InChI=1S/C19H17Cl2N3O2/c1-11(2)10-24-19(26)14-6-4-3-5-13(14)17(23-24)18(25)22-16-8-7-12(20)9-15(16)21/h3-9,11H,10H2,1-2H3,(H,22,25). The van der Waals surface area contributed by atoms with E-state index in [4.69, 9.17) is 23.2 Å². The van der Waals surface area contributed by atoms with Gasteiger partial charge in [0.1, 0.15) is 0 Å². The average molecular weight is 390 g/mol. The molecule has 3 aromatic rings. The van der Waals surface area contributed by atoms with Crippen LogP contribution in [0.3, 0.4) is 0 Å². The lowest BCUT2D eigenvalue weighted by atomic mass is 10.1. The summed E-state index contributed by atoms with van der Waals surface area (Å²) < 4.78 is 1.34. The van der Waals surface area contributed by atoms with Crippen LogP contribution < -0.4 is 10.9 Å². The molecule has 0 aliphatic rings. The molecule has 0 bridgehead atoms. The molecule has 0 aliphatic carbocycles. The van der Waals surface area contributed by atoms with Gasteiger partial charge in [-0.05, 0) is 30.2 Å². The van der Waals surface area contributed by atoms with Crippen molar-refractivity contribution in [3.63, 3.8) is 0 Å². The minimum absolute atomic E-state index is 0.173. The van der Waals surface area contributed by atoms with Crippen LogP contribution in [-0.2, 0) is 6.54 Å². The number of amides is 1. The molecule has 0 aliphatic heterocycles. The largest absolute Gasteiger partial charge is 0.319 e. The van der Waals surface area contributed by atoms with E-state index in [0.717, 1.165) is 0 Å². The van der Waals surface area contributed by atoms with Gasteiger partial charge in [0.25, 0.3) is 11.5 Å². The first kappa shape index (κ1) is 18.4. The minimum Gasteiger partial charge on any atom is -0.319 e. The number of nitrogens with one attached hydrogen (secondary N) is 1. The average Bonchev–Trinajstić information content (AvgIpc) is 2.59. The summed E-state index contributed by atoms with van der Waals surface area (Å²) in [6, 6.07) is 11.7. The third-order valence-corrected chi connectivity index (χ3v) is 4.35. The van der Waals surface area contributed by atoms with E-state index in [9.17, 15) is 9.59 Å². The van der Waals surface area contributed by atoms with Crippen molar-refractivity contribution >= 4 is 45.6 Å². The van der Waals surface area contributed by atoms with Gasteiger partial charge in [0.05, 0.1) is 16.1 Å². The molecule has 1 aromatic heterocycles. The van der Waals surface area contributed by atoms with Gasteiger partial charge in [-0.25, -0.2) is 4.68 Å². The highest BCUT2D eigenvalue weighted by molar-refractivity contribution is 6.36. The number of rotatable bonds is 4. The monoisotopic (exact) mass is 389 g/mol.